The van der Waals surface area contributed by atoms with E-state index in [1.807, 2.05) is 30.6 Å². The van der Waals surface area contributed by atoms with Crippen LogP contribution in [0.5, 0.6) is 0 Å². The summed E-state index contributed by atoms with van der Waals surface area (Å²) in [7, 11) is 0. The van der Waals surface area contributed by atoms with E-state index in [1.165, 1.54) is 5.56 Å². The lowest BCUT2D eigenvalue weighted by molar-refractivity contribution is 0.0342. The van der Waals surface area contributed by atoms with Gasteiger partial charge in [-0.25, -0.2) is 9.97 Å². The summed E-state index contributed by atoms with van der Waals surface area (Å²) in [6, 6.07) is 12.1. The number of anilines is 2. The van der Waals surface area contributed by atoms with Gasteiger partial charge >= 0.3 is 0 Å². The first-order valence-electron chi connectivity index (χ1n) is 9.86. The molecule has 2 aromatic heterocycles. The van der Waals surface area contributed by atoms with Gasteiger partial charge in [0, 0.05) is 48.7 Å². The van der Waals surface area contributed by atoms with E-state index in [9.17, 15) is 0 Å². The maximum absolute atomic E-state index is 6.24. The number of morpholine rings is 1. The van der Waals surface area contributed by atoms with Gasteiger partial charge in [-0.05, 0) is 41.5 Å². The summed E-state index contributed by atoms with van der Waals surface area (Å²) in [4.78, 5) is 11.5. The molecule has 0 saturated carbocycles. The van der Waals surface area contributed by atoms with Crippen molar-refractivity contribution in [2.75, 3.05) is 31.6 Å². The van der Waals surface area contributed by atoms with Crippen LogP contribution >= 0.6 is 11.6 Å². The van der Waals surface area contributed by atoms with E-state index in [-0.39, 0.29) is 0 Å². The summed E-state index contributed by atoms with van der Waals surface area (Å²) in [5.41, 5.74) is 5.06. The molecule has 2 aromatic carbocycles. The number of halogens is 1. The highest BCUT2D eigenvalue weighted by molar-refractivity contribution is 6.35. The van der Waals surface area contributed by atoms with Crippen molar-refractivity contribution in [1.29, 1.82) is 0 Å². The van der Waals surface area contributed by atoms with Crippen LogP contribution in [0, 0.1) is 0 Å². The van der Waals surface area contributed by atoms with Crippen molar-refractivity contribution in [1.82, 2.24) is 25.1 Å². The first-order valence-corrected chi connectivity index (χ1v) is 10.2. The molecule has 0 aliphatic carbocycles. The summed E-state index contributed by atoms with van der Waals surface area (Å²) in [5, 5.41) is 11.8. The Kier molecular flexibility index (Phi) is 5.31. The molecule has 3 heterocycles. The number of aromatic amines is 1. The predicted molar refractivity (Wildman–Crippen MR) is 118 cm³/mol. The minimum absolute atomic E-state index is 0.534. The molecule has 1 fully saturated rings. The van der Waals surface area contributed by atoms with E-state index < -0.39 is 0 Å². The average molecular weight is 421 g/mol. The fourth-order valence-electron chi connectivity index (χ4n) is 3.66. The zero-order valence-corrected chi connectivity index (χ0v) is 17.1. The lowest BCUT2D eigenvalue weighted by atomic mass is 10.0. The van der Waals surface area contributed by atoms with Crippen LogP contribution in [-0.4, -0.2) is 51.4 Å². The van der Waals surface area contributed by atoms with Crippen LogP contribution in [0.25, 0.3) is 22.0 Å². The molecule has 152 valence electrons. The van der Waals surface area contributed by atoms with Gasteiger partial charge in [-0.2, -0.15) is 5.10 Å². The number of hydrogen-bond acceptors (Lipinski definition) is 6. The zero-order chi connectivity index (χ0) is 20.3. The highest BCUT2D eigenvalue weighted by atomic mass is 35.5. The van der Waals surface area contributed by atoms with Crippen molar-refractivity contribution >= 4 is 34.1 Å². The third kappa shape index (κ3) is 4.14. The molecule has 0 unspecified atom stereocenters. The van der Waals surface area contributed by atoms with E-state index in [2.05, 4.69) is 48.6 Å². The highest BCUT2D eigenvalue weighted by Crippen LogP contribution is 2.28. The fraction of sp³-hybridized carbons (Fsp3) is 0.227. The Hall–Kier alpha value is -3.00. The maximum atomic E-state index is 6.24. The van der Waals surface area contributed by atoms with Crippen molar-refractivity contribution in [2.24, 2.45) is 0 Å². The molecule has 0 spiro atoms. The van der Waals surface area contributed by atoms with E-state index in [4.69, 9.17) is 16.3 Å². The fourth-order valence-corrected chi connectivity index (χ4v) is 3.88. The molecule has 0 atom stereocenters. The van der Waals surface area contributed by atoms with Crippen molar-refractivity contribution in [3.8, 4) is 11.1 Å². The second kappa shape index (κ2) is 8.39. The molecule has 5 rings (SSSR count). The first-order chi connectivity index (χ1) is 14.7. The van der Waals surface area contributed by atoms with Gasteiger partial charge in [0.2, 0.25) is 5.95 Å². The molecule has 4 aromatic rings. The number of rotatable bonds is 5. The lowest BCUT2D eigenvalue weighted by Gasteiger charge is -2.27. The number of nitrogens with one attached hydrogen (secondary N) is 2. The van der Waals surface area contributed by atoms with Crippen LogP contribution in [0.15, 0.2) is 55.0 Å². The minimum atomic E-state index is 0.534. The predicted octanol–water partition coefficient (Wildman–Crippen LogP) is 4.25. The van der Waals surface area contributed by atoms with Gasteiger partial charge in [0.25, 0.3) is 0 Å². The van der Waals surface area contributed by atoms with Gasteiger partial charge < -0.3 is 10.1 Å². The summed E-state index contributed by atoms with van der Waals surface area (Å²) in [6.07, 6.45) is 5.47. The number of hydrogen-bond donors (Lipinski definition) is 2. The molecule has 0 amide bonds. The van der Waals surface area contributed by atoms with Crippen molar-refractivity contribution in [3.05, 3.63) is 65.6 Å². The average Bonchev–Trinajstić information content (AvgIpc) is 3.30. The van der Waals surface area contributed by atoms with Crippen LogP contribution in [0.2, 0.25) is 5.02 Å². The van der Waals surface area contributed by atoms with Crippen molar-refractivity contribution in [3.63, 3.8) is 0 Å². The smallest absolute Gasteiger partial charge is 0.227 e. The van der Waals surface area contributed by atoms with Gasteiger partial charge in [0.05, 0.1) is 29.9 Å². The van der Waals surface area contributed by atoms with Gasteiger partial charge in [-0.1, -0.05) is 17.7 Å². The minimum Gasteiger partial charge on any atom is -0.379 e. The first kappa shape index (κ1) is 19.0. The lowest BCUT2D eigenvalue weighted by Crippen LogP contribution is -2.35. The molecule has 7 nitrogen and oxygen atoms in total. The van der Waals surface area contributed by atoms with Crippen molar-refractivity contribution in [2.45, 2.75) is 6.54 Å². The number of ether oxygens (including phenoxy) is 1. The Bertz CT molecular complexity index is 1160. The normalized spacial score (nSPS) is 14.8. The molecular formula is C22H21ClN6O. The third-order valence-electron chi connectivity index (χ3n) is 5.16. The number of H-pyrrole nitrogens is 1. The number of fused-ring (bicyclic) bond motifs is 1. The molecule has 1 saturated heterocycles. The van der Waals surface area contributed by atoms with Gasteiger partial charge in [0.15, 0.2) is 0 Å². The van der Waals surface area contributed by atoms with Crippen LogP contribution < -0.4 is 5.32 Å². The Morgan fingerprint density at radius 3 is 2.83 bits per heavy atom. The Morgan fingerprint density at radius 2 is 2.00 bits per heavy atom. The molecule has 30 heavy (non-hydrogen) atoms. The second-order valence-electron chi connectivity index (χ2n) is 7.29. The van der Waals surface area contributed by atoms with Gasteiger partial charge in [-0.15, -0.1) is 0 Å². The largest absolute Gasteiger partial charge is 0.379 e. The molecule has 0 radical (unpaired) electrons. The van der Waals surface area contributed by atoms with E-state index in [1.54, 1.807) is 6.20 Å². The van der Waals surface area contributed by atoms with E-state index in [0.29, 0.717) is 11.0 Å². The van der Waals surface area contributed by atoms with Crippen LogP contribution in [0.3, 0.4) is 0 Å². The van der Waals surface area contributed by atoms with Crippen LogP contribution in [-0.2, 0) is 11.3 Å². The van der Waals surface area contributed by atoms with Gasteiger partial charge in [-0.3, -0.25) is 10.00 Å². The third-order valence-corrected chi connectivity index (χ3v) is 5.49. The maximum Gasteiger partial charge on any atom is 0.227 e. The summed E-state index contributed by atoms with van der Waals surface area (Å²) in [5.74, 6) is 0.534. The summed E-state index contributed by atoms with van der Waals surface area (Å²) in [6.45, 7) is 4.29. The highest BCUT2D eigenvalue weighted by Gasteiger charge is 2.13. The molecule has 1 aliphatic rings. The van der Waals surface area contributed by atoms with Crippen molar-refractivity contribution < 1.29 is 4.74 Å². The Morgan fingerprint density at radius 1 is 1.10 bits per heavy atom. The topological polar surface area (TPSA) is 79.0 Å². The molecule has 1 aliphatic heterocycles. The molecular weight excluding hydrogens is 400 g/mol. The summed E-state index contributed by atoms with van der Waals surface area (Å²) >= 11 is 6.24. The molecule has 0 bridgehead atoms. The van der Waals surface area contributed by atoms with E-state index in [0.717, 1.165) is 60.6 Å². The van der Waals surface area contributed by atoms with Gasteiger partial charge in [0.1, 0.15) is 0 Å². The molecule has 2 N–H and O–H groups in total. The number of aromatic nitrogens is 4. The number of nitrogens with zero attached hydrogens (tertiary/aromatic N) is 4. The second-order valence-corrected chi connectivity index (χ2v) is 7.69. The molecule has 8 heteroatoms. The standard InChI is InChI=1S/C22H21ClN6O/c23-20-2-1-3-21-19(20)13-24-22(28-21)27-18-9-15(14-29-4-6-30-7-5-29)8-16(10-18)17-11-25-26-12-17/h1-3,8-13H,4-7,14H2,(H,25,26)(H,24,27,28). The van der Waals surface area contributed by atoms with Crippen LogP contribution in [0.1, 0.15) is 5.56 Å². The Balaban J connectivity index is 1.47. The summed E-state index contributed by atoms with van der Waals surface area (Å²) < 4.78 is 5.47. The number of benzene rings is 2. The Labute approximate surface area is 179 Å². The monoisotopic (exact) mass is 420 g/mol. The quantitative estimate of drug-likeness (QED) is 0.502. The van der Waals surface area contributed by atoms with Crippen LogP contribution in [0.4, 0.5) is 11.6 Å². The zero-order valence-electron chi connectivity index (χ0n) is 16.3. The van der Waals surface area contributed by atoms with E-state index >= 15 is 0 Å². The SMILES string of the molecule is Clc1cccc2nc(Nc3cc(CN4CCOCC4)cc(-c4cn[nH]c4)c3)ncc12.